The molecule has 37 heavy (non-hydrogen) atoms. The number of aromatic nitrogens is 2. The van der Waals surface area contributed by atoms with Gasteiger partial charge in [-0.1, -0.05) is 35.9 Å². The number of anilines is 4. The maximum absolute atomic E-state index is 11.8. The minimum absolute atomic E-state index is 0.103. The second kappa shape index (κ2) is 12.1. The Bertz CT molecular complexity index is 1330. The fourth-order valence-corrected chi connectivity index (χ4v) is 5.46. The van der Waals surface area contributed by atoms with Gasteiger partial charge in [-0.25, -0.2) is 13.4 Å². The number of likely N-dealkylation sites (tertiary alicyclic amines) is 1. The van der Waals surface area contributed by atoms with Crippen LogP contribution in [0.3, 0.4) is 0 Å². The molecule has 9 nitrogen and oxygen atoms in total. The zero-order chi connectivity index (χ0) is 26.4. The third-order valence-corrected chi connectivity index (χ3v) is 7.49. The van der Waals surface area contributed by atoms with Crippen LogP contribution in [0.1, 0.15) is 29.9 Å². The predicted molar refractivity (Wildman–Crippen MR) is 147 cm³/mol. The number of hydrogen-bond acceptors (Lipinski definition) is 9. The van der Waals surface area contributed by atoms with Gasteiger partial charge in [0.1, 0.15) is 10.8 Å². The molecular formula is C26H32ClN5O4S. The Morgan fingerprint density at radius 1 is 1.14 bits per heavy atom. The largest absolute Gasteiger partial charge is 0.495 e. The van der Waals surface area contributed by atoms with Gasteiger partial charge in [-0.3, -0.25) is 0 Å². The van der Waals surface area contributed by atoms with E-state index in [0.717, 1.165) is 38.2 Å². The van der Waals surface area contributed by atoms with Gasteiger partial charge in [0.05, 0.1) is 31.4 Å². The number of aliphatic hydroxyl groups excluding tert-OH is 1. The lowest BCUT2D eigenvalue weighted by molar-refractivity contribution is 0.164. The average molecular weight is 546 g/mol. The van der Waals surface area contributed by atoms with Crippen LogP contribution in [0.2, 0.25) is 5.02 Å². The average Bonchev–Trinajstić information content (AvgIpc) is 2.87. The quantitative estimate of drug-likeness (QED) is 0.342. The van der Waals surface area contributed by atoms with Gasteiger partial charge < -0.3 is 25.4 Å². The summed E-state index contributed by atoms with van der Waals surface area (Å²) in [4.78, 5) is 11.1. The van der Waals surface area contributed by atoms with Gasteiger partial charge in [-0.15, -0.1) is 0 Å². The highest BCUT2D eigenvalue weighted by Crippen LogP contribution is 2.35. The molecule has 0 aliphatic carbocycles. The minimum Gasteiger partial charge on any atom is -0.495 e. The number of aliphatic hydroxyl groups is 1. The molecule has 0 radical (unpaired) electrons. The first-order chi connectivity index (χ1) is 17.8. The molecule has 0 saturated carbocycles. The van der Waals surface area contributed by atoms with Gasteiger partial charge in [-0.05, 0) is 61.2 Å². The fraction of sp³-hybridized carbons (Fsp3) is 0.385. The van der Waals surface area contributed by atoms with E-state index in [0.29, 0.717) is 39.7 Å². The summed E-state index contributed by atoms with van der Waals surface area (Å²) < 4.78 is 29.3. The van der Waals surface area contributed by atoms with Crippen molar-refractivity contribution in [2.45, 2.75) is 24.5 Å². The van der Waals surface area contributed by atoms with E-state index in [9.17, 15) is 13.5 Å². The zero-order valence-electron chi connectivity index (χ0n) is 20.9. The van der Waals surface area contributed by atoms with Crippen molar-refractivity contribution in [1.29, 1.82) is 0 Å². The van der Waals surface area contributed by atoms with Crippen LogP contribution in [-0.2, 0) is 15.6 Å². The summed E-state index contributed by atoms with van der Waals surface area (Å²) in [5, 5.41) is 15.8. The highest BCUT2D eigenvalue weighted by Gasteiger charge is 2.21. The summed E-state index contributed by atoms with van der Waals surface area (Å²) in [6.07, 6.45) is 4.75. The molecule has 0 unspecified atom stereocenters. The number of benzene rings is 2. The Hall–Kier alpha value is -2.92. The molecule has 1 fully saturated rings. The molecule has 2 aromatic carbocycles. The fourth-order valence-electron chi connectivity index (χ4n) is 4.51. The van der Waals surface area contributed by atoms with Crippen molar-refractivity contribution < 1.29 is 18.3 Å². The van der Waals surface area contributed by atoms with E-state index in [4.69, 9.17) is 16.3 Å². The highest BCUT2D eigenvalue weighted by atomic mass is 35.5. The molecule has 0 bridgehead atoms. The summed E-state index contributed by atoms with van der Waals surface area (Å²) in [5.41, 5.74) is 3.16. The number of rotatable bonds is 10. The molecule has 198 valence electrons. The molecular weight excluding hydrogens is 514 g/mol. The Balaban J connectivity index is 1.51. The van der Waals surface area contributed by atoms with Gasteiger partial charge in [-0.2, -0.15) is 4.98 Å². The summed E-state index contributed by atoms with van der Waals surface area (Å²) in [5.74, 6) is 1.68. The first kappa shape index (κ1) is 27.1. The van der Waals surface area contributed by atoms with E-state index in [1.165, 1.54) is 18.0 Å². The SMILES string of the molecule is COc1cc(C2CCN(CCO)CC2)ccc1Nc1ncc(Cl)c(Nc2ccccc2CS(C)(=O)=O)n1. The van der Waals surface area contributed by atoms with Crippen LogP contribution < -0.4 is 15.4 Å². The van der Waals surface area contributed by atoms with Crippen molar-refractivity contribution in [2.75, 3.05) is 50.2 Å². The third kappa shape index (κ3) is 7.32. The molecule has 1 aromatic heterocycles. The van der Waals surface area contributed by atoms with Gasteiger partial charge in [0.25, 0.3) is 0 Å². The van der Waals surface area contributed by atoms with Crippen LogP contribution in [0.4, 0.5) is 23.1 Å². The minimum atomic E-state index is -3.22. The second-order valence-corrected chi connectivity index (χ2v) is 11.7. The van der Waals surface area contributed by atoms with Crippen molar-refractivity contribution in [3.63, 3.8) is 0 Å². The van der Waals surface area contributed by atoms with Gasteiger partial charge in [0.2, 0.25) is 5.95 Å². The van der Waals surface area contributed by atoms with Crippen LogP contribution in [0.5, 0.6) is 5.75 Å². The molecule has 3 aromatic rings. The van der Waals surface area contributed by atoms with Gasteiger partial charge >= 0.3 is 0 Å². The van der Waals surface area contributed by atoms with E-state index >= 15 is 0 Å². The van der Waals surface area contributed by atoms with Crippen molar-refractivity contribution in [2.24, 2.45) is 0 Å². The number of β-amino-alcohol motifs (C(OH)–C–C–N with tert-alkyl or cyclic N) is 1. The standard InChI is InChI=1S/C26H32ClN5O4S/c1-36-24-15-19(18-9-11-32(12-10-18)13-14-33)7-8-23(24)30-26-28-16-21(27)25(31-26)29-22-6-4-3-5-20(22)17-37(2,34)35/h3-8,15-16,18,33H,9-14,17H2,1-2H3,(H2,28,29,30,31). The van der Waals surface area contributed by atoms with Crippen LogP contribution in [0, 0.1) is 0 Å². The Morgan fingerprint density at radius 2 is 1.89 bits per heavy atom. The van der Waals surface area contributed by atoms with Crippen LogP contribution in [0.25, 0.3) is 0 Å². The molecule has 1 saturated heterocycles. The van der Waals surface area contributed by atoms with Crippen molar-refractivity contribution >= 4 is 44.6 Å². The summed E-state index contributed by atoms with van der Waals surface area (Å²) in [6.45, 7) is 2.85. The molecule has 1 aliphatic rings. The molecule has 0 spiro atoms. The lowest BCUT2D eigenvalue weighted by Gasteiger charge is -2.31. The highest BCUT2D eigenvalue weighted by molar-refractivity contribution is 7.89. The van der Waals surface area contributed by atoms with E-state index in [2.05, 4.69) is 31.6 Å². The Kier molecular flexibility index (Phi) is 8.86. The number of hydrogen-bond donors (Lipinski definition) is 3. The first-order valence-corrected chi connectivity index (χ1v) is 14.5. The third-order valence-electron chi connectivity index (χ3n) is 6.38. The number of nitrogens with zero attached hydrogens (tertiary/aromatic N) is 3. The van der Waals surface area contributed by atoms with Crippen molar-refractivity contribution in [3.05, 3.63) is 64.8 Å². The number of sulfone groups is 1. The Morgan fingerprint density at radius 3 is 2.59 bits per heavy atom. The van der Waals surface area contributed by atoms with E-state index in [-0.39, 0.29) is 12.4 Å². The molecule has 11 heteroatoms. The van der Waals surface area contributed by atoms with E-state index in [1.807, 2.05) is 18.2 Å². The molecule has 3 N–H and O–H groups in total. The molecule has 1 aliphatic heterocycles. The van der Waals surface area contributed by atoms with Crippen LogP contribution in [0.15, 0.2) is 48.7 Å². The molecule has 4 rings (SSSR count). The molecule has 2 heterocycles. The Labute approximate surface area is 222 Å². The smallest absolute Gasteiger partial charge is 0.229 e. The summed E-state index contributed by atoms with van der Waals surface area (Å²) in [7, 11) is -1.59. The van der Waals surface area contributed by atoms with E-state index in [1.54, 1.807) is 25.3 Å². The number of methoxy groups -OCH3 is 1. The number of halogens is 1. The number of nitrogens with one attached hydrogen (secondary N) is 2. The summed E-state index contributed by atoms with van der Waals surface area (Å²) >= 11 is 6.35. The summed E-state index contributed by atoms with van der Waals surface area (Å²) in [6, 6.07) is 13.2. The number of piperidine rings is 1. The van der Waals surface area contributed by atoms with E-state index < -0.39 is 9.84 Å². The molecule has 0 amide bonds. The van der Waals surface area contributed by atoms with Crippen LogP contribution in [-0.4, -0.2) is 68.0 Å². The van der Waals surface area contributed by atoms with Crippen molar-refractivity contribution in [1.82, 2.24) is 14.9 Å². The van der Waals surface area contributed by atoms with Gasteiger partial charge in [0.15, 0.2) is 15.7 Å². The maximum atomic E-state index is 11.8. The van der Waals surface area contributed by atoms with Crippen LogP contribution >= 0.6 is 11.6 Å². The first-order valence-electron chi connectivity index (χ1n) is 12.1. The zero-order valence-corrected chi connectivity index (χ0v) is 22.5. The van der Waals surface area contributed by atoms with Crippen molar-refractivity contribution in [3.8, 4) is 5.75 Å². The van der Waals surface area contributed by atoms with Gasteiger partial charge in [0, 0.05) is 18.5 Å². The monoisotopic (exact) mass is 545 g/mol. The molecule has 0 atom stereocenters. The lowest BCUT2D eigenvalue weighted by atomic mass is 9.89. The predicted octanol–water partition coefficient (Wildman–Crippen LogP) is 4.34. The number of ether oxygens (including phenoxy) is 1. The second-order valence-electron chi connectivity index (χ2n) is 9.17. The normalized spacial score (nSPS) is 14.9. The topological polar surface area (TPSA) is 117 Å². The maximum Gasteiger partial charge on any atom is 0.229 e. The number of para-hydroxylation sites is 1. The lowest BCUT2D eigenvalue weighted by Crippen LogP contribution is -2.34.